The van der Waals surface area contributed by atoms with E-state index in [2.05, 4.69) is 10.3 Å². The Morgan fingerprint density at radius 2 is 1.93 bits per heavy atom. The molecule has 8 heteroatoms. The van der Waals surface area contributed by atoms with Gasteiger partial charge in [-0.2, -0.15) is 0 Å². The fourth-order valence-corrected chi connectivity index (χ4v) is 4.85. The maximum absolute atomic E-state index is 13.2. The molecule has 4 aromatic rings. The van der Waals surface area contributed by atoms with E-state index in [0.717, 1.165) is 4.88 Å². The van der Waals surface area contributed by atoms with Gasteiger partial charge in [-0.3, -0.25) is 14.2 Å². The van der Waals surface area contributed by atoms with Gasteiger partial charge in [0.05, 0.1) is 33.4 Å². The molecule has 1 unspecified atom stereocenters. The van der Waals surface area contributed by atoms with Gasteiger partial charge in [-0.05, 0) is 42.6 Å². The van der Waals surface area contributed by atoms with Gasteiger partial charge in [-0.1, -0.05) is 53.7 Å². The predicted octanol–water partition coefficient (Wildman–Crippen LogP) is 5.07. The molecular formula is C22H18ClN3O2S2. The molecule has 5 nitrogen and oxygen atoms in total. The average Bonchev–Trinajstić information content (AvgIpc) is 3.28. The van der Waals surface area contributed by atoms with Crippen LogP contribution in [0.15, 0.2) is 76.0 Å². The van der Waals surface area contributed by atoms with E-state index in [9.17, 15) is 9.59 Å². The third-order valence-corrected chi connectivity index (χ3v) is 6.83. The molecule has 0 aliphatic heterocycles. The lowest BCUT2D eigenvalue weighted by Gasteiger charge is -2.15. The first-order valence-electron chi connectivity index (χ1n) is 9.27. The number of carbonyl (C=O) groups is 1. The topological polar surface area (TPSA) is 64.0 Å². The van der Waals surface area contributed by atoms with E-state index in [4.69, 9.17) is 11.6 Å². The maximum atomic E-state index is 13.2. The molecule has 0 radical (unpaired) electrons. The lowest BCUT2D eigenvalue weighted by atomic mass is 10.2. The van der Waals surface area contributed by atoms with Gasteiger partial charge in [-0.25, -0.2) is 4.98 Å². The standard InChI is InChI=1S/C22H18ClN3O2S2/c1-14(19-11-6-12-29-19)24-20(27)13-30-22-25-17-9-4-2-7-15(17)21(28)26(22)18-10-5-3-8-16(18)23/h2-12,14H,13H2,1H3,(H,24,27). The second kappa shape index (κ2) is 9.04. The summed E-state index contributed by atoms with van der Waals surface area (Å²) in [5.41, 5.74) is 0.904. The molecule has 1 amide bonds. The highest BCUT2D eigenvalue weighted by atomic mass is 35.5. The molecule has 30 heavy (non-hydrogen) atoms. The highest BCUT2D eigenvalue weighted by Gasteiger charge is 2.17. The molecule has 2 heterocycles. The third kappa shape index (κ3) is 4.28. The number of nitrogens with one attached hydrogen (secondary N) is 1. The highest BCUT2D eigenvalue weighted by Crippen LogP contribution is 2.26. The van der Waals surface area contributed by atoms with Crippen LogP contribution in [-0.2, 0) is 4.79 Å². The van der Waals surface area contributed by atoms with Crippen LogP contribution < -0.4 is 10.9 Å². The number of benzene rings is 2. The second-order valence-corrected chi connectivity index (χ2v) is 8.93. The third-order valence-electron chi connectivity index (χ3n) is 4.52. The van der Waals surface area contributed by atoms with Crippen molar-refractivity contribution in [3.8, 4) is 5.69 Å². The summed E-state index contributed by atoms with van der Waals surface area (Å²) < 4.78 is 1.48. The zero-order valence-corrected chi connectivity index (χ0v) is 18.4. The smallest absolute Gasteiger partial charge is 0.266 e. The van der Waals surface area contributed by atoms with Crippen molar-refractivity contribution < 1.29 is 4.79 Å². The number of rotatable bonds is 6. The van der Waals surface area contributed by atoms with Crippen LogP contribution in [-0.4, -0.2) is 21.2 Å². The van der Waals surface area contributed by atoms with E-state index in [1.165, 1.54) is 16.3 Å². The van der Waals surface area contributed by atoms with Crippen LogP contribution >= 0.6 is 34.7 Å². The van der Waals surface area contributed by atoms with Crippen molar-refractivity contribution in [1.29, 1.82) is 0 Å². The van der Waals surface area contributed by atoms with Crippen molar-refractivity contribution in [2.45, 2.75) is 18.1 Å². The number of aromatic nitrogens is 2. The minimum atomic E-state index is -0.219. The zero-order chi connectivity index (χ0) is 21.1. The van der Waals surface area contributed by atoms with Gasteiger partial charge in [0.1, 0.15) is 0 Å². The van der Waals surface area contributed by atoms with Gasteiger partial charge in [0.2, 0.25) is 5.91 Å². The van der Waals surface area contributed by atoms with Crippen molar-refractivity contribution in [3.05, 3.63) is 86.3 Å². The Hall–Kier alpha value is -2.61. The number of carbonyl (C=O) groups excluding carboxylic acids is 1. The molecular weight excluding hydrogens is 438 g/mol. The zero-order valence-electron chi connectivity index (χ0n) is 16.0. The van der Waals surface area contributed by atoms with Crippen molar-refractivity contribution in [3.63, 3.8) is 0 Å². The van der Waals surface area contributed by atoms with Crippen LogP contribution in [0.1, 0.15) is 17.8 Å². The molecule has 0 aliphatic rings. The maximum Gasteiger partial charge on any atom is 0.266 e. The fourth-order valence-electron chi connectivity index (χ4n) is 3.08. The van der Waals surface area contributed by atoms with Crippen LogP contribution in [0, 0.1) is 0 Å². The molecule has 0 saturated carbocycles. The predicted molar refractivity (Wildman–Crippen MR) is 124 cm³/mol. The van der Waals surface area contributed by atoms with Gasteiger partial charge < -0.3 is 5.32 Å². The highest BCUT2D eigenvalue weighted by molar-refractivity contribution is 7.99. The summed E-state index contributed by atoms with van der Waals surface area (Å²) in [5, 5.41) is 6.32. The van der Waals surface area contributed by atoms with Crippen molar-refractivity contribution in [1.82, 2.24) is 14.9 Å². The molecule has 0 spiro atoms. The summed E-state index contributed by atoms with van der Waals surface area (Å²) in [7, 11) is 0. The number of para-hydroxylation sites is 2. The molecule has 2 aromatic heterocycles. The summed E-state index contributed by atoms with van der Waals surface area (Å²) in [6, 6.07) is 18.1. The Bertz CT molecular complexity index is 1250. The minimum Gasteiger partial charge on any atom is -0.348 e. The summed E-state index contributed by atoms with van der Waals surface area (Å²) in [6.07, 6.45) is 0. The van der Waals surface area contributed by atoms with Gasteiger partial charge in [0.25, 0.3) is 5.56 Å². The molecule has 0 aliphatic carbocycles. The van der Waals surface area contributed by atoms with Gasteiger partial charge in [-0.15, -0.1) is 11.3 Å². The van der Waals surface area contributed by atoms with Crippen molar-refractivity contribution >= 4 is 51.5 Å². The van der Waals surface area contributed by atoms with E-state index < -0.39 is 0 Å². The van der Waals surface area contributed by atoms with Crippen LogP contribution in [0.3, 0.4) is 0 Å². The Kier molecular flexibility index (Phi) is 6.22. The molecule has 0 fully saturated rings. The van der Waals surface area contributed by atoms with E-state index in [1.807, 2.05) is 36.6 Å². The largest absolute Gasteiger partial charge is 0.348 e. The molecule has 4 rings (SSSR count). The van der Waals surface area contributed by atoms with Crippen LogP contribution in [0.4, 0.5) is 0 Å². The first-order valence-corrected chi connectivity index (χ1v) is 11.5. The van der Waals surface area contributed by atoms with Crippen LogP contribution in [0.2, 0.25) is 5.02 Å². The minimum absolute atomic E-state index is 0.0755. The molecule has 152 valence electrons. The Labute approximate surface area is 186 Å². The molecule has 2 aromatic carbocycles. The van der Waals surface area contributed by atoms with Gasteiger partial charge in [0.15, 0.2) is 5.16 Å². The van der Waals surface area contributed by atoms with E-state index in [0.29, 0.717) is 26.8 Å². The monoisotopic (exact) mass is 455 g/mol. The number of halogens is 1. The summed E-state index contributed by atoms with van der Waals surface area (Å²) in [5.74, 6) is -0.000632. The lowest BCUT2D eigenvalue weighted by molar-refractivity contribution is -0.119. The lowest BCUT2D eigenvalue weighted by Crippen LogP contribution is -2.28. The summed E-state index contributed by atoms with van der Waals surface area (Å²) in [4.78, 5) is 31.5. The van der Waals surface area contributed by atoms with E-state index in [-0.39, 0.29) is 23.3 Å². The van der Waals surface area contributed by atoms with Crippen LogP contribution in [0.25, 0.3) is 16.6 Å². The number of amides is 1. The molecule has 1 N–H and O–H groups in total. The number of thioether (sulfide) groups is 1. The Morgan fingerprint density at radius 3 is 2.70 bits per heavy atom. The average molecular weight is 456 g/mol. The first-order chi connectivity index (χ1) is 14.5. The van der Waals surface area contributed by atoms with Gasteiger partial charge >= 0.3 is 0 Å². The number of nitrogens with zero attached hydrogens (tertiary/aromatic N) is 2. The molecule has 0 bridgehead atoms. The SMILES string of the molecule is CC(NC(=O)CSc1nc2ccccc2c(=O)n1-c1ccccc1Cl)c1cccs1. The van der Waals surface area contributed by atoms with Crippen LogP contribution in [0.5, 0.6) is 0 Å². The van der Waals surface area contributed by atoms with E-state index >= 15 is 0 Å². The van der Waals surface area contributed by atoms with Crippen molar-refractivity contribution in [2.24, 2.45) is 0 Å². The quantitative estimate of drug-likeness (QED) is 0.325. The van der Waals surface area contributed by atoms with Gasteiger partial charge in [0, 0.05) is 4.88 Å². The molecule has 1 atom stereocenters. The molecule has 0 saturated heterocycles. The Morgan fingerprint density at radius 1 is 1.17 bits per heavy atom. The summed E-state index contributed by atoms with van der Waals surface area (Å²) >= 11 is 9.18. The van der Waals surface area contributed by atoms with Crippen molar-refractivity contribution in [2.75, 3.05) is 5.75 Å². The number of fused-ring (bicyclic) bond motifs is 1. The Balaban J connectivity index is 1.66. The normalized spacial score (nSPS) is 12.1. The first kappa shape index (κ1) is 20.7. The van der Waals surface area contributed by atoms with E-state index in [1.54, 1.807) is 47.7 Å². The number of hydrogen-bond acceptors (Lipinski definition) is 5. The number of hydrogen-bond donors (Lipinski definition) is 1. The number of thiophene rings is 1. The fraction of sp³-hybridized carbons (Fsp3) is 0.136. The summed E-state index contributed by atoms with van der Waals surface area (Å²) in [6.45, 7) is 1.95. The second-order valence-electron chi connectivity index (χ2n) is 6.60.